The van der Waals surface area contributed by atoms with Crippen LogP contribution in [0, 0.1) is 0 Å². The van der Waals surface area contributed by atoms with Crippen LogP contribution in [0.3, 0.4) is 0 Å². The molecule has 94 valence electrons. The molecular weight excluding hydrogens is 335 g/mol. The van der Waals surface area contributed by atoms with Gasteiger partial charge in [-0.15, -0.1) is 11.6 Å². The second-order valence-electron chi connectivity index (χ2n) is 3.74. The summed E-state index contributed by atoms with van der Waals surface area (Å²) in [7, 11) is 0. The van der Waals surface area contributed by atoms with E-state index >= 15 is 0 Å². The van der Waals surface area contributed by atoms with Crippen LogP contribution >= 0.6 is 39.1 Å². The fraction of sp³-hybridized carbons (Fsp3) is 0.143. The van der Waals surface area contributed by atoms with E-state index in [1.54, 1.807) is 6.07 Å². The molecule has 0 heterocycles. The lowest BCUT2D eigenvalue weighted by atomic mass is 10.2. The van der Waals surface area contributed by atoms with Crippen LogP contribution in [0.1, 0.15) is 11.1 Å². The van der Waals surface area contributed by atoms with Crippen LogP contribution in [0.4, 0.5) is 0 Å². The molecule has 4 heteroatoms. The van der Waals surface area contributed by atoms with E-state index in [0.717, 1.165) is 15.6 Å². The lowest BCUT2D eigenvalue weighted by Crippen LogP contribution is -1.99. The maximum absolute atomic E-state index is 6.12. The number of alkyl halides is 1. The predicted molar refractivity (Wildman–Crippen MR) is 79.5 cm³/mol. The number of benzene rings is 2. The average molecular weight is 346 g/mol. The van der Waals surface area contributed by atoms with Crippen molar-refractivity contribution in [3.8, 4) is 5.75 Å². The fourth-order valence-corrected chi connectivity index (χ4v) is 2.44. The summed E-state index contributed by atoms with van der Waals surface area (Å²) in [5.41, 5.74) is 1.97. The number of ether oxygens (including phenoxy) is 1. The third-order valence-corrected chi connectivity index (χ3v) is 3.88. The number of hydrogen-bond acceptors (Lipinski definition) is 1. The summed E-state index contributed by atoms with van der Waals surface area (Å²) in [6.45, 7) is 0.453. The molecule has 2 aromatic carbocycles. The SMILES string of the molecule is ClCc1cccc(Cl)c1OCc1ccccc1Br. The zero-order valence-corrected chi connectivity index (χ0v) is 12.6. The predicted octanol–water partition coefficient (Wildman–Crippen LogP) is 5.42. The Bertz CT molecular complexity index is 543. The van der Waals surface area contributed by atoms with Crippen LogP contribution in [-0.2, 0) is 12.5 Å². The van der Waals surface area contributed by atoms with Crippen molar-refractivity contribution in [2.24, 2.45) is 0 Å². The minimum atomic E-state index is 0.381. The molecule has 1 nitrogen and oxygen atoms in total. The van der Waals surface area contributed by atoms with Crippen molar-refractivity contribution in [3.63, 3.8) is 0 Å². The van der Waals surface area contributed by atoms with E-state index in [-0.39, 0.29) is 0 Å². The van der Waals surface area contributed by atoms with Gasteiger partial charge in [-0.2, -0.15) is 0 Å². The minimum Gasteiger partial charge on any atom is -0.487 e. The van der Waals surface area contributed by atoms with Gasteiger partial charge in [-0.05, 0) is 12.1 Å². The number of para-hydroxylation sites is 1. The Morgan fingerprint density at radius 2 is 1.72 bits per heavy atom. The van der Waals surface area contributed by atoms with Gasteiger partial charge in [-0.25, -0.2) is 0 Å². The Labute approximate surface area is 125 Å². The number of rotatable bonds is 4. The summed E-state index contributed by atoms with van der Waals surface area (Å²) in [5, 5.41) is 0.584. The zero-order valence-electron chi connectivity index (χ0n) is 9.50. The summed E-state index contributed by atoms with van der Waals surface area (Å²) in [5.74, 6) is 1.04. The molecule has 0 aliphatic heterocycles. The van der Waals surface area contributed by atoms with Gasteiger partial charge in [0.05, 0.1) is 10.9 Å². The summed E-state index contributed by atoms with van der Waals surface area (Å²) in [6, 6.07) is 13.5. The molecule has 18 heavy (non-hydrogen) atoms. The lowest BCUT2D eigenvalue weighted by molar-refractivity contribution is 0.303. The van der Waals surface area contributed by atoms with Crippen molar-refractivity contribution in [2.45, 2.75) is 12.5 Å². The summed E-state index contributed by atoms with van der Waals surface area (Å²) >= 11 is 15.5. The quantitative estimate of drug-likeness (QED) is 0.672. The third kappa shape index (κ3) is 3.19. The van der Waals surface area contributed by atoms with Crippen molar-refractivity contribution in [2.75, 3.05) is 0 Å². The maximum atomic E-state index is 6.12. The standard InChI is InChI=1S/C14H11BrCl2O/c15-12-6-2-1-4-11(12)9-18-14-10(8-16)5-3-7-13(14)17/h1-7H,8-9H2. The lowest BCUT2D eigenvalue weighted by Gasteiger charge is -2.12. The molecule has 0 aliphatic carbocycles. The van der Waals surface area contributed by atoms with Crippen LogP contribution in [0.5, 0.6) is 5.75 Å². The molecule has 0 atom stereocenters. The fourth-order valence-electron chi connectivity index (χ4n) is 1.59. The van der Waals surface area contributed by atoms with Crippen LogP contribution in [0.15, 0.2) is 46.9 Å². The molecule has 0 N–H and O–H groups in total. The van der Waals surface area contributed by atoms with Gasteiger partial charge in [0.2, 0.25) is 0 Å². The van der Waals surface area contributed by atoms with Crippen molar-refractivity contribution in [1.82, 2.24) is 0 Å². The topological polar surface area (TPSA) is 9.23 Å². The van der Waals surface area contributed by atoms with Gasteiger partial charge in [0.1, 0.15) is 12.4 Å². The van der Waals surface area contributed by atoms with Crippen molar-refractivity contribution in [3.05, 3.63) is 63.1 Å². The molecule has 0 saturated carbocycles. The summed E-state index contributed by atoms with van der Waals surface area (Å²) in [4.78, 5) is 0. The summed E-state index contributed by atoms with van der Waals surface area (Å²) < 4.78 is 6.80. The van der Waals surface area contributed by atoms with Gasteiger partial charge in [0.25, 0.3) is 0 Å². The van der Waals surface area contributed by atoms with E-state index in [4.69, 9.17) is 27.9 Å². The Morgan fingerprint density at radius 3 is 2.44 bits per heavy atom. The monoisotopic (exact) mass is 344 g/mol. The van der Waals surface area contributed by atoms with Gasteiger partial charge < -0.3 is 4.74 Å². The maximum Gasteiger partial charge on any atom is 0.142 e. The second kappa shape index (κ2) is 6.46. The van der Waals surface area contributed by atoms with Crippen molar-refractivity contribution < 1.29 is 4.74 Å². The normalized spacial score (nSPS) is 10.4. The van der Waals surface area contributed by atoms with Gasteiger partial charge in [-0.1, -0.05) is 57.9 Å². The first-order valence-corrected chi connectivity index (χ1v) is 7.12. The highest BCUT2D eigenvalue weighted by Gasteiger charge is 2.08. The first-order valence-electron chi connectivity index (χ1n) is 5.42. The van der Waals surface area contributed by atoms with Gasteiger partial charge in [-0.3, -0.25) is 0 Å². The van der Waals surface area contributed by atoms with Gasteiger partial charge in [0.15, 0.2) is 0 Å². The average Bonchev–Trinajstić information content (AvgIpc) is 2.39. The smallest absolute Gasteiger partial charge is 0.142 e. The zero-order chi connectivity index (χ0) is 13.0. The summed E-state index contributed by atoms with van der Waals surface area (Å²) in [6.07, 6.45) is 0. The molecule has 0 unspecified atom stereocenters. The molecule has 2 aromatic rings. The number of halogens is 3. The molecular formula is C14H11BrCl2O. The Morgan fingerprint density at radius 1 is 1.00 bits per heavy atom. The van der Waals surface area contributed by atoms with Crippen LogP contribution in [0.25, 0.3) is 0 Å². The Balaban J connectivity index is 2.18. The molecule has 0 radical (unpaired) electrons. The van der Waals surface area contributed by atoms with Crippen LogP contribution in [0.2, 0.25) is 5.02 Å². The highest BCUT2D eigenvalue weighted by atomic mass is 79.9. The van der Waals surface area contributed by atoms with Crippen LogP contribution < -0.4 is 4.74 Å². The molecule has 0 saturated heterocycles. The highest BCUT2D eigenvalue weighted by molar-refractivity contribution is 9.10. The third-order valence-electron chi connectivity index (χ3n) is 2.52. The molecule has 0 bridgehead atoms. The second-order valence-corrected chi connectivity index (χ2v) is 5.27. The van der Waals surface area contributed by atoms with E-state index in [9.17, 15) is 0 Å². The minimum absolute atomic E-state index is 0.381. The molecule has 0 spiro atoms. The molecule has 0 aliphatic rings. The molecule has 0 aromatic heterocycles. The molecule has 0 amide bonds. The molecule has 0 fully saturated rings. The Kier molecular flexibility index (Phi) is 4.93. The first kappa shape index (κ1) is 13.7. The largest absolute Gasteiger partial charge is 0.487 e. The van der Waals surface area contributed by atoms with Gasteiger partial charge in [0, 0.05) is 15.6 Å². The van der Waals surface area contributed by atoms with Crippen LogP contribution in [-0.4, -0.2) is 0 Å². The Hall–Kier alpha value is -0.700. The van der Waals surface area contributed by atoms with Crippen molar-refractivity contribution >= 4 is 39.1 Å². The van der Waals surface area contributed by atoms with Crippen molar-refractivity contribution in [1.29, 1.82) is 0 Å². The van der Waals surface area contributed by atoms with E-state index < -0.39 is 0 Å². The first-order chi connectivity index (χ1) is 8.72. The van der Waals surface area contributed by atoms with Gasteiger partial charge >= 0.3 is 0 Å². The highest BCUT2D eigenvalue weighted by Crippen LogP contribution is 2.31. The van der Waals surface area contributed by atoms with E-state index in [0.29, 0.717) is 23.3 Å². The number of hydrogen-bond donors (Lipinski definition) is 0. The van der Waals surface area contributed by atoms with E-state index in [1.807, 2.05) is 36.4 Å². The van der Waals surface area contributed by atoms with E-state index in [2.05, 4.69) is 15.9 Å². The molecule has 2 rings (SSSR count). The van der Waals surface area contributed by atoms with E-state index in [1.165, 1.54) is 0 Å².